The van der Waals surface area contributed by atoms with Crippen LogP contribution >= 0.6 is 46.6 Å². The highest BCUT2D eigenvalue weighted by atomic mass is 35.5. The average Bonchev–Trinajstić information content (AvgIpc) is 3.10. The SMILES string of the molecule is O=C1CS[C@@H](c2cc(Cl)c(OCc3ccccc3F)c(Cl)c2)N1c1ccc(Cl)cc1. The number of ether oxygens (including phenoxy) is 1. The Morgan fingerprint density at radius 1 is 1.03 bits per heavy atom. The molecule has 0 N–H and O–H groups in total. The van der Waals surface area contributed by atoms with E-state index < -0.39 is 0 Å². The third-order valence-electron chi connectivity index (χ3n) is 4.61. The fourth-order valence-electron chi connectivity index (χ4n) is 3.18. The Labute approximate surface area is 192 Å². The summed E-state index contributed by atoms with van der Waals surface area (Å²) >= 11 is 20.3. The van der Waals surface area contributed by atoms with Crippen LogP contribution in [0.4, 0.5) is 10.1 Å². The van der Waals surface area contributed by atoms with E-state index in [-0.39, 0.29) is 29.5 Å². The minimum absolute atomic E-state index is 0.000968. The highest BCUT2D eigenvalue weighted by Gasteiger charge is 2.34. The summed E-state index contributed by atoms with van der Waals surface area (Å²) in [6.45, 7) is -0.000968. The van der Waals surface area contributed by atoms with E-state index in [9.17, 15) is 9.18 Å². The van der Waals surface area contributed by atoms with Crippen LogP contribution in [0.3, 0.4) is 0 Å². The largest absolute Gasteiger partial charge is 0.486 e. The molecule has 0 spiro atoms. The van der Waals surface area contributed by atoms with Crippen molar-refractivity contribution in [2.75, 3.05) is 10.7 Å². The van der Waals surface area contributed by atoms with Crippen LogP contribution in [-0.4, -0.2) is 11.7 Å². The van der Waals surface area contributed by atoms with Crippen molar-refractivity contribution in [3.05, 3.63) is 92.7 Å². The minimum atomic E-state index is -0.360. The first kappa shape index (κ1) is 21.3. The lowest BCUT2D eigenvalue weighted by Gasteiger charge is -2.25. The van der Waals surface area contributed by atoms with Crippen LogP contribution in [0, 0.1) is 5.82 Å². The lowest BCUT2D eigenvalue weighted by molar-refractivity contribution is -0.115. The smallest absolute Gasteiger partial charge is 0.238 e. The summed E-state index contributed by atoms with van der Waals surface area (Å²) in [5.74, 6) is 0.242. The van der Waals surface area contributed by atoms with Gasteiger partial charge in [0.25, 0.3) is 0 Å². The summed E-state index contributed by atoms with van der Waals surface area (Å²) < 4.78 is 19.5. The van der Waals surface area contributed by atoms with E-state index >= 15 is 0 Å². The van der Waals surface area contributed by atoms with Gasteiger partial charge in [-0.25, -0.2) is 4.39 Å². The first-order chi connectivity index (χ1) is 14.4. The quantitative estimate of drug-likeness (QED) is 0.387. The van der Waals surface area contributed by atoms with Gasteiger partial charge >= 0.3 is 0 Å². The summed E-state index contributed by atoms with van der Waals surface area (Å²) in [6, 6.07) is 16.9. The second-order valence-electron chi connectivity index (χ2n) is 6.60. The van der Waals surface area contributed by atoms with E-state index in [0.717, 1.165) is 11.3 Å². The van der Waals surface area contributed by atoms with Gasteiger partial charge < -0.3 is 4.74 Å². The van der Waals surface area contributed by atoms with Crippen LogP contribution in [0.5, 0.6) is 5.75 Å². The summed E-state index contributed by atoms with van der Waals surface area (Å²) in [7, 11) is 0. The van der Waals surface area contributed by atoms with E-state index in [2.05, 4.69) is 0 Å². The molecule has 3 aromatic rings. The number of hydrogen-bond donors (Lipinski definition) is 0. The molecule has 0 unspecified atom stereocenters. The normalized spacial score (nSPS) is 16.2. The number of rotatable bonds is 5. The predicted molar refractivity (Wildman–Crippen MR) is 121 cm³/mol. The Bertz CT molecular complexity index is 1070. The number of hydrogen-bond acceptors (Lipinski definition) is 3. The number of nitrogens with zero attached hydrogens (tertiary/aromatic N) is 1. The third-order valence-corrected chi connectivity index (χ3v) is 6.63. The number of carbonyl (C=O) groups excluding carboxylic acids is 1. The molecule has 0 saturated carbocycles. The van der Waals surface area contributed by atoms with Crippen LogP contribution in [0.2, 0.25) is 15.1 Å². The molecular formula is C22H15Cl3FNO2S. The van der Waals surface area contributed by atoms with Gasteiger partial charge in [0, 0.05) is 16.3 Å². The van der Waals surface area contributed by atoms with Crippen LogP contribution in [0.1, 0.15) is 16.5 Å². The van der Waals surface area contributed by atoms with E-state index in [4.69, 9.17) is 39.5 Å². The first-order valence-electron chi connectivity index (χ1n) is 8.98. The van der Waals surface area contributed by atoms with Crippen molar-refractivity contribution in [2.24, 2.45) is 0 Å². The highest BCUT2D eigenvalue weighted by molar-refractivity contribution is 8.00. The maximum atomic E-state index is 13.8. The Kier molecular flexibility index (Phi) is 6.44. The number of carbonyl (C=O) groups is 1. The molecule has 154 valence electrons. The fraction of sp³-hybridized carbons (Fsp3) is 0.136. The molecule has 8 heteroatoms. The molecule has 1 fully saturated rings. The summed E-state index contributed by atoms with van der Waals surface area (Å²) in [6.07, 6.45) is 0. The van der Waals surface area contributed by atoms with Gasteiger partial charge in [-0.1, -0.05) is 53.0 Å². The Hall–Kier alpha value is -1.92. The molecule has 0 bridgehead atoms. The van der Waals surface area contributed by atoms with Crippen molar-refractivity contribution in [1.29, 1.82) is 0 Å². The summed E-state index contributed by atoms with van der Waals surface area (Å²) in [5, 5.41) is 0.904. The van der Waals surface area contributed by atoms with Gasteiger partial charge in [-0.15, -0.1) is 11.8 Å². The Balaban J connectivity index is 1.59. The molecule has 3 nitrogen and oxygen atoms in total. The van der Waals surface area contributed by atoms with Gasteiger partial charge in [0.1, 0.15) is 17.8 Å². The second kappa shape index (κ2) is 9.06. The molecule has 0 aromatic heterocycles. The van der Waals surface area contributed by atoms with Crippen molar-refractivity contribution >= 4 is 58.2 Å². The third kappa shape index (κ3) is 4.40. The van der Waals surface area contributed by atoms with E-state index in [1.807, 2.05) is 0 Å². The second-order valence-corrected chi connectivity index (χ2v) is 8.92. The van der Waals surface area contributed by atoms with Crippen LogP contribution in [0.15, 0.2) is 60.7 Å². The molecule has 0 radical (unpaired) electrons. The zero-order chi connectivity index (χ0) is 21.3. The molecule has 1 atom stereocenters. The summed E-state index contributed by atoms with van der Waals surface area (Å²) in [5.41, 5.74) is 1.92. The minimum Gasteiger partial charge on any atom is -0.486 e. The van der Waals surface area contributed by atoms with Crippen molar-refractivity contribution in [1.82, 2.24) is 0 Å². The molecule has 0 aliphatic carbocycles. The van der Waals surface area contributed by atoms with E-state index in [1.165, 1.54) is 17.8 Å². The maximum absolute atomic E-state index is 13.8. The van der Waals surface area contributed by atoms with Crippen molar-refractivity contribution in [3.8, 4) is 5.75 Å². The first-order valence-corrected chi connectivity index (χ1v) is 11.2. The number of halogens is 4. The topological polar surface area (TPSA) is 29.5 Å². The van der Waals surface area contributed by atoms with Gasteiger partial charge in [0.05, 0.1) is 15.8 Å². The lowest BCUT2D eigenvalue weighted by atomic mass is 10.1. The number of thioether (sulfide) groups is 1. The van der Waals surface area contributed by atoms with Gasteiger partial charge in [0.15, 0.2) is 5.75 Å². The van der Waals surface area contributed by atoms with Crippen LogP contribution < -0.4 is 9.64 Å². The highest BCUT2D eigenvalue weighted by Crippen LogP contribution is 2.45. The predicted octanol–water partition coefficient (Wildman–Crippen LogP) is 7.14. The molecule has 3 aromatic carbocycles. The van der Waals surface area contributed by atoms with Crippen molar-refractivity contribution in [2.45, 2.75) is 12.0 Å². The zero-order valence-electron chi connectivity index (χ0n) is 15.4. The average molecular weight is 483 g/mol. The van der Waals surface area contributed by atoms with Gasteiger partial charge in [-0.3, -0.25) is 9.69 Å². The molecule has 1 amide bonds. The molecule has 30 heavy (non-hydrogen) atoms. The summed E-state index contributed by atoms with van der Waals surface area (Å²) in [4.78, 5) is 14.2. The van der Waals surface area contributed by atoms with Crippen LogP contribution in [-0.2, 0) is 11.4 Å². The number of benzene rings is 3. The molecular weight excluding hydrogens is 468 g/mol. The maximum Gasteiger partial charge on any atom is 0.238 e. The molecule has 1 aliphatic rings. The van der Waals surface area contributed by atoms with Crippen molar-refractivity contribution < 1.29 is 13.9 Å². The molecule has 4 rings (SSSR count). The van der Waals surface area contributed by atoms with Gasteiger partial charge in [-0.2, -0.15) is 0 Å². The molecule has 1 aliphatic heterocycles. The van der Waals surface area contributed by atoms with Gasteiger partial charge in [-0.05, 0) is 48.0 Å². The Morgan fingerprint density at radius 2 is 1.70 bits per heavy atom. The molecule has 1 saturated heterocycles. The Morgan fingerprint density at radius 3 is 2.37 bits per heavy atom. The van der Waals surface area contributed by atoms with Crippen LogP contribution in [0.25, 0.3) is 0 Å². The zero-order valence-corrected chi connectivity index (χ0v) is 18.5. The van der Waals surface area contributed by atoms with Gasteiger partial charge in [0.2, 0.25) is 5.91 Å². The number of anilines is 1. The number of amides is 1. The standard InChI is InChI=1S/C22H15Cl3FNO2S/c23-15-5-7-16(8-6-15)27-20(28)12-30-22(27)14-9-17(24)21(18(25)10-14)29-11-13-3-1-2-4-19(13)26/h1-10,22H,11-12H2/t22-/m0/s1. The molecule has 1 heterocycles. The monoisotopic (exact) mass is 481 g/mol. The fourth-order valence-corrected chi connectivity index (χ4v) is 5.07. The lowest BCUT2D eigenvalue weighted by Crippen LogP contribution is -2.27. The van der Waals surface area contributed by atoms with E-state index in [1.54, 1.807) is 59.5 Å². The van der Waals surface area contributed by atoms with Crippen molar-refractivity contribution in [3.63, 3.8) is 0 Å². The van der Waals surface area contributed by atoms with E-state index in [0.29, 0.717) is 26.4 Å².